The summed E-state index contributed by atoms with van der Waals surface area (Å²) in [5, 5.41) is -1.01. The third kappa shape index (κ3) is 2.75. The number of Topliss-reactive ketones (excluding diaryl/α,β-unsaturated/α-hetero) is 1. The Balaban J connectivity index is 1.87. The van der Waals surface area contributed by atoms with E-state index in [9.17, 15) is 22.0 Å². The third-order valence-electron chi connectivity index (χ3n) is 4.93. The predicted octanol–water partition coefficient (Wildman–Crippen LogP) is 2.90. The highest BCUT2D eigenvalue weighted by Crippen LogP contribution is 2.40. The number of halogens is 2. The number of ketones is 1. The summed E-state index contributed by atoms with van der Waals surface area (Å²) in [6, 6.07) is 1.92. The Labute approximate surface area is 133 Å². The summed E-state index contributed by atoms with van der Waals surface area (Å²) >= 11 is 0. The number of benzene rings is 1. The molecule has 2 aliphatic rings. The molecule has 0 amide bonds. The fourth-order valence-corrected chi connectivity index (χ4v) is 6.29. The molecule has 0 N–H and O–H groups in total. The molecule has 0 aromatic heterocycles. The predicted molar refractivity (Wildman–Crippen MR) is 80.3 cm³/mol. The Bertz CT molecular complexity index is 701. The van der Waals surface area contributed by atoms with E-state index >= 15 is 0 Å². The van der Waals surface area contributed by atoms with E-state index < -0.39 is 49.4 Å². The van der Waals surface area contributed by atoms with E-state index in [1.165, 1.54) is 0 Å². The molecule has 3 rings (SSSR count). The van der Waals surface area contributed by atoms with Crippen LogP contribution in [0.25, 0.3) is 0 Å². The second kappa shape index (κ2) is 5.85. The number of methoxy groups -OCH3 is 1. The quantitative estimate of drug-likeness (QED) is 0.791. The van der Waals surface area contributed by atoms with Gasteiger partial charge in [-0.1, -0.05) is 6.42 Å². The van der Waals surface area contributed by atoms with E-state index in [1.807, 2.05) is 0 Å². The molecule has 2 bridgehead atoms. The molecule has 23 heavy (non-hydrogen) atoms. The molecule has 2 unspecified atom stereocenters. The molecule has 2 fully saturated rings. The van der Waals surface area contributed by atoms with Gasteiger partial charge in [0, 0.05) is 11.5 Å². The van der Waals surface area contributed by atoms with Crippen molar-refractivity contribution in [1.82, 2.24) is 0 Å². The molecule has 0 spiro atoms. The van der Waals surface area contributed by atoms with E-state index in [4.69, 9.17) is 0 Å². The number of hydrogen-bond acceptors (Lipinski definition) is 4. The summed E-state index contributed by atoms with van der Waals surface area (Å²) in [5.41, 5.74) is -0.0665. The van der Waals surface area contributed by atoms with E-state index in [-0.39, 0.29) is 18.4 Å². The van der Waals surface area contributed by atoms with Crippen LogP contribution in [-0.4, -0.2) is 31.8 Å². The molecule has 7 heteroatoms. The highest BCUT2D eigenvalue weighted by Gasteiger charge is 2.46. The molecular weight excluding hydrogens is 326 g/mol. The van der Waals surface area contributed by atoms with Crippen molar-refractivity contribution in [3.8, 4) is 5.75 Å². The summed E-state index contributed by atoms with van der Waals surface area (Å²) in [6.45, 7) is 0. The van der Waals surface area contributed by atoms with Gasteiger partial charge in [-0.05, 0) is 37.8 Å². The van der Waals surface area contributed by atoms with Gasteiger partial charge < -0.3 is 4.74 Å². The van der Waals surface area contributed by atoms with Crippen molar-refractivity contribution in [1.29, 1.82) is 0 Å². The van der Waals surface area contributed by atoms with Crippen LogP contribution >= 0.6 is 0 Å². The molecule has 2 aliphatic heterocycles. The van der Waals surface area contributed by atoms with Gasteiger partial charge in [-0.15, -0.1) is 0 Å². The molecule has 2 saturated heterocycles. The molecule has 4 nitrogen and oxygen atoms in total. The Morgan fingerprint density at radius 3 is 2.13 bits per heavy atom. The first kappa shape index (κ1) is 16.4. The Morgan fingerprint density at radius 2 is 1.65 bits per heavy atom. The second-order valence-electron chi connectivity index (χ2n) is 6.27. The van der Waals surface area contributed by atoms with Crippen molar-refractivity contribution < 1.29 is 26.7 Å². The molecule has 0 saturated carbocycles. The lowest BCUT2D eigenvalue weighted by atomic mass is 9.84. The lowest BCUT2D eigenvalue weighted by molar-refractivity contribution is 0.0893. The molecule has 0 aliphatic carbocycles. The molecule has 1 aromatic rings. The normalized spacial score (nSPS) is 29.1. The monoisotopic (exact) mass is 344 g/mol. The summed E-state index contributed by atoms with van der Waals surface area (Å²) in [4.78, 5) is 12.6. The van der Waals surface area contributed by atoms with Crippen LogP contribution in [0.5, 0.6) is 5.75 Å². The van der Waals surface area contributed by atoms with Crippen LogP contribution in [0, 0.1) is 17.6 Å². The van der Waals surface area contributed by atoms with Crippen LogP contribution in [0.4, 0.5) is 8.78 Å². The number of sulfone groups is 1. The first-order valence-corrected chi connectivity index (χ1v) is 9.25. The van der Waals surface area contributed by atoms with E-state index in [1.54, 1.807) is 0 Å². The average molecular weight is 344 g/mol. The first-order valence-electron chi connectivity index (χ1n) is 7.64. The summed E-state index contributed by atoms with van der Waals surface area (Å²) < 4.78 is 56.6. The number of carbonyl (C=O) groups excluding carboxylic acids is 1. The minimum Gasteiger partial charge on any atom is -0.491 e. The van der Waals surface area contributed by atoms with Crippen LogP contribution in [0.2, 0.25) is 0 Å². The number of carbonyl (C=O) groups is 1. The highest BCUT2D eigenvalue weighted by molar-refractivity contribution is 7.92. The number of ether oxygens (including phenoxy) is 1. The molecule has 126 valence electrons. The first-order chi connectivity index (χ1) is 10.8. The summed E-state index contributed by atoms with van der Waals surface area (Å²) in [6.07, 6.45) is 2.46. The maximum absolute atomic E-state index is 13.8. The lowest BCUT2D eigenvalue weighted by Crippen LogP contribution is -2.45. The topological polar surface area (TPSA) is 60.4 Å². The van der Waals surface area contributed by atoms with Crippen molar-refractivity contribution in [3.05, 3.63) is 29.3 Å². The molecule has 1 aromatic carbocycles. The van der Waals surface area contributed by atoms with E-state index in [0.717, 1.165) is 25.7 Å². The Kier molecular flexibility index (Phi) is 4.16. The number of fused-ring (bicyclic) bond motifs is 2. The Hall–Kier alpha value is -1.50. The molecule has 2 atom stereocenters. The van der Waals surface area contributed by atoms with Crippen LogP contribution in [0.3, 0.4) is 0 Å². The zero-order valence-electron chi connectivity index (χ0n) is 12.7. The van der Waals surface area contributed by atoms with Crippen LogP contribution in [0.15, 0.2) is 12.1 Å². The standard InChI is InChI=1S/C16H18F2O4S/c1-22-16-13(17)7-10(8-14(16)18)15(19)9-5-11-3-2-4-12(6-9)23(11,20)21/h7-9,11-12H,2-6H2,1H3. The van der Waals surface area contributed by atoms with Gasteiger partial charge in [0.1, 0.15) is 0 Å². The van der Waals surface area contributed by atoms with Gasteiger partial charge >= 0.3 is 0 Å². The maximum Gasteiger partial charge on any atom is 0.190 e. The van der Waals surface area contributed by atoms with Crippen molar-refractivity contribution in [2.45, 2.75) is 42.6 Å². The second-order valence-corrected chi connectivity index (χ2v) is 8.78. The Morgan fingerprint density at radius 1 is 1.13 bits per heavy atom. The van der Waals surface area contributed by atoms with Gasteiger partial charge in [0.05, 0.1) is 17.6 Å². The minimum absolute atomic E-state index is 0.0665. The largest absolute Gasteiger partial charge is 0.491 e. The fraction of sp³-hybridized carbons (Fsp3) is 0.562. The van der Waals surface area contributed by atoms with Crippen LogP contribution in [-0.2, 0) is 9.84 Å². The van der Waals surface area contributed by atoms with Gasteiger partial charge in [-0.3, -0.25) is 4.79 Å². The zero-order chi connectivity index (χ0) is 16.8. The van der Waals surface area contributed by atoms with Crippen molar-refractivity contribution in [2.24, 2.45) is 5.92 Å². The van der Waals surface area contributed by atoms with Crippen molar-refractivity contribution >= 4 is 15.6 Å². The third-order valence-corrected chi connectivity index (χ3v) is 7.65. The smallest absolute Gasteiger partial charge is 0.190 e. The lowest BCUT2D eigenvalue weighted by Gasteiger charge is -2.38. The maximum atomic E-state index is 13.8. The zero-order valence-corrected chi connectivity index (χ0v) is 13.5. The fourth-order valence-electron chi connectivity index (χ4n) is 3.76. The van der Waals surface area contributed by atoms with Gasteiger partial charge in [-0.2, -0.15) is 0 Å². The highest BCUT2D eigenvalue weighted by atomic mass is 32.2. The molecule has 0 radical (unpaired) electrons. The number of hydrogen-bond donors (Lipinski definition) is 0. The average Bonchev–Trinajstić information content (AvgIpc) is 2.45. The van der Waals surface area contributed by atoms with Gasteiger partial charge in [0.2, 0.25) is 0 Å². The SMILES string of the molecule is COc1c(F)cc(C(=O)C2CC3CCCC(C2)S3(=O)=O)cc1F. The van der Waals surface area contributed by atoms with Crippen LogP contribution < -0.4 is 4.74 Å². The van der Waals surface area contributed by atoms with Gasteiger partial charge in [0.25, 0.3) is 0 Å². The van der Waals surface area contributed by atoms with Crippen molar-refractivity contribution in [3.63, 3.8) is 0 Å². The summed E-state index contributed by atoms with van der Waals surface area (Å²) in [5.74, 6) is -3.28. The minimum atomic E-state index is -3.16. The molecule has 2 heterocycles. The summed E-state index contributed by atoms with van der Waals surface area (Å²) in [7, 11) is -2.01. The van der Waals surface area contributed by atoms with Gasteiger partial charge in [0.15, 0.2) is 33.0 Å². The number of rotatable bonds is 3. The van der Waals surface area contributed by atoms with Crippen LogP contribution in [0.1, 0.15) is 42.5 Å². The van der Waals surface area contributed by atoms with E-state index in [2.05, 4.69) is 4.74 Å². The molecular formula is C16H18F2O4S. The van der Waals surface area contributed by atoms with Gasteiger partial charge in [-0.25, -0.2) is 17.2 Å². The van der Waals surface area contributed by atoms with E-state index in [0.29, 0.717) is 12.8 Å². The van der Waals surface area contributed by atoms with Crippen molar-refractivity contribution in [2.75, 3.05) is 7.11 Å².